The Bertz CT molecular complexity index is 572. The van der Waals surface area contributed by atoms with E-state index in [1.807, 2.05) is 51.1 Å². The Morgan fingerprint density at radius 2 is 1.90 bits per heavy atom. The van der Waals surface area contributed by atoms with Gasteiger partial charge in [-0.05, 0) is 18.6 Å². The second-order valence-electron chi connectivity index (χ2n) is 5.32. The van der Waals surface area contributed by atoms with Gasteiger partial charge in [-0.2, -0.15) is 0 Å². The number of ether oxygens (including phenoxy) is 1. The number of pyridine rings is 1. The lowest BCUT2D eigenvalue weighted by Gasteiger charge is -2.17. The molecular weight excluding hydrogens is 267 g/mol. The van der Waals surface area contributed by atoms with E-state index in [0.29, 0.717) is 18.5 Å². The summed E-state index contributed by atoms with van der Waals surface area (Å²) in [5, 5.41) is 3.26. The molecule has 2 aromatic rings. The second-order valence-corrected chi connectivity index (χ2v) is 5.32. The van der Waals surface area contributed by atoms with Crippen LogP contribution in [0.2, 0.25) is 0 Å². The molecule has 21 heavy (non-hydrogen) atoms. The molecule has 0 aliphatic carbocycles. The molecule has 0 saturated heterocycles. The highest BCUT2D eigenvalue weighted by Crippen LogP contribution is 2.23. The van der Waals surface area contributed by atoms with Crippen molar-refractivity contribution in [1.29, 1.82) is 0 Å². The molecule has 0 spiro atoms. The smallest absolute Gasteiger partial charge is 0.218 e. The topological polar surface area (TPSA) is 34.2 Å². The predicted octanol–water partition coefficient (Wildman–Crippen LogP) is 3.86. The van der Waals surface area contributed by atoms with Crippen LogP contribution >= 0.6 is 0 Å². The number of halogens is 1. The lowest BCUT2D eigenvalue weighted by atomic mass is 10.1. The van der Waals surface area contributed by atoms with Gasteiger partial charge in [-0.25, -0.2) is 9.37 Å². The third-order valence-electron chi connectivity index (χ3n) is 3.15. The minimum atomic E-state index is -0.352. The minimum Gasteiger partial charge on any atom is -0.470 e. The Balaban J connectivity index is 2.15. The van der Waals surface area contributed by atoms with Gasteiger partial charge >= 0.3 is 0 Å². The van der Waals surface area contributed by atoms with E-state index in [4.69, 9.17) is 4.74 Å². The van der Waals surface area contributed by atoms with Gasteiger partial charge in [-0.3, -0.25) is 0 Å². The normalized spacial score (nSPS) is 12.4. The molecule has 0 fully saturated rings. The maximum Gasteiger partial charge on any atom is 0.218 e. The number of aromatic nitrogens is 1. The van der Waals surface area contributed by atoms with Crippen molar-refractivity contribution in [1.82, 2.24) is 10.3 Å². The van der Waals surface area contributed by atoms with Crippen LogP contribution in [0.1, 0.15) is 38.0 Å². The molecule has 0 radical (unpaired) electrons. The SMILES string of the molecule is CC(C)NCc1cc(F)cnc1OC(C)c1ccccc1. The molecule has 1 heterocycles. The van der Waals surface area contributed by atoms with Gasteiger partial charge in [0.2, 0.25) is 5.88 Å². The van der Waals surface area contributed by atoms with Crippen LogP contribution in [0, 0.1) is 5.82 Å². The standard InChI is InChI=1S/C17H21FN2O/c1-12(2)19-10-15-9-16(18)11-20-17(15)21-13(3)14-7-5-4-6-8-14/h4-9,11-13,19H,10H2,1-3H3. The minimum absolute atomic E-state index is 0.137. The van der Waals surface area contributed by atoms with Crippen LogP contribution in [-0.4, -0.2) is 11.0 Å². The van der Waals surface area contributed by atoms with Gasteiger partial charge in [0.15, 0.2) is 0 Å². The third-order valence-corrected chi connectivity index (χ3v) is 3.15. The third kappa shape index (κ3) is 4.53. The molecule has 112 valence electrons. The first-order valence-electron chi connectivity index (χ1n) is 7.15. The quantitative estimate of drug-likeness (QED) is 0.876. The molecule has 0 amide bonds. The summed E-state index contributed by atoms with van der Waals surface area (Å²) in [5.41, 5.74) is 1.79. The van der Waals surface area contributed by atoms with E-state index in [9.17, 15) is 4.39 Å². The van der Waals surface area contributed by atoms with Crippen LogP contribution in [0.4, 0.5) is 4.39 Å². The highest BCUT2D eigenvalue weighted by molar-refractivity contribution is 5.27. The molecule has 2 rings (SSSR count). The van der Waals surface area contributed by atoms with Crippen LogP contribution in [0.25, 0.3) is 0 Å². The zero-order chi connectivity index (χ0) is 15.2. The number of hydrogen-bond acceptors (Lipinski definition) is 3. The summed E-state index contributed by atoms with van der Waals surface area (Å²) >= 11 is 0. The Morgan fingerprint density at radius 1 is 1.19 bits per heavy atom. The van der Waals surface area contributed by atoms with E-state index < -0.39 is 0 Å². The average Bonchev–Trinajstić information content (AvgIpc) is 2.48. The van der Waals surface area contributed by atoms with Crippen molar-refractivity contribution >= 4 is 0 Å². The summed E-state index contributed by atoms with van der Waals surface area (Å²) in [7, 11) is 0. The van der Waals surface area contributed by atoms with Gasteiger partial charge in [-0.1, -0.05) is 44.2 Å². The molecule has 1 atom stereocenters. The van der Waals surface area contributed by atoms with E-state index in [1.54, 1.807) is 0 Å². The van der Waals surface area contributed by atoms with Crippen molar-refractivity contribution in [2.75, 3.05) is 0 Å². The first kappa shape index (κ1) is 15.4. The zero-order valence-corrected chi connectivity index (χ0v) is 12.6. The molecule has 1 aromatic carbocycles. The van der Waals surface area contributed by atoms with Crippen LogP contribution in [0.15, 0.2) is 42.6 Å². The van der Waals surface area contributed by atoms with Crippen LogP contribution in [0.3, 0.4) is 0 Å². The Hall–Kier alpha value is -1.94. The number of hydrogen-bond donors (Lipinski definition) is 1. The molecule has 3 nitrogen and oxygen atoms in total. The predicted molar refractivity (Wildman–Crippen MR) is 81.7 cm³/mol. The van der Waals surface area contributed by atoms with E-state index in [1.165, 1.54) is 12.3 Å². The summed E-state index contributed by atoms with van der Waals surface area (Å²) < 4.78 is 19.3. The molecule has 0 aliphatic heterocycles. The van der Waals surface area contributed by atoms with E-state index in [0.717, 1.165) is 11.1 Å². The molecule has 0 bridgehead atoms. The van der Waals surface area contributed by atoms with Gasteiger partial charge in [0.25, 0.3) is 0 Å². The Labute approximate surface area is 125 Å². The first-order chi connectivity index (χ1) is 10.1. The molecule has 0 saturated carbocycles. The summed E-state index contributed by atoms with van der Waals surface area (Å²) in [6.07, 6.45) is 1.05. The van der Waals surface area contributed by atoms with Crippen molar-refractivity contribution in [2.45, 2.75) is 39.5 Å². The Kier molecular flexibility index (Phi) is 5.28. The van der Waals surface area contributed by atoms with E-state index >= 15 is 0 Å². The average molecular weight is 288 g/mol. The van der Waals surface area contributed by atoms with Gasteiger partial charge in [-0.15, -0.1) is 0 Å². The highest BCUT2D eigenvalue weighted by atomic mass is 19.1. The fourth-order valence-electron chi connectivity index (χ4n) is 1.98. The van der Waals surface area contributed by atoms with Gasteiger partial charge in [0.05, 0.1) is 6.20 Å². The molecule has 1 aromatic heterocycles. The summed E-state index contributed by atoms with van der Waals surface area (Å²) in [6.45, 7) is 6.57. The maximum absolute atomic E-state index is 13.4. The molecule has 4 heteroatoms. The zero-order valence-electron chi connectivity index (χ0n) is 12.6. The number of rotatable bonds is 6. The van der Waals surface area contributed by atoms with Crippen molar-refractivity contribution in [3.05, 3.63) is 59.5 Å². The lowest BCUT2D eigenvalue weighted by Crippen LogP contribution is -2.22. The van der Waals surface area contributed by atoms with Crippen molar-refractivity contribution in [2.24, 2.45) is 0 Å². The Morgan fingerprint density at radius 3 is 2.57 bits per heavy atom. The molecule has 0 aliphatic rings. The molecule has 1 N–H and O–H groups in total. The number of benzene rings is 1. The fraction of sp³-hybridized carbons (Fsp3) is 0.353. The summed E-state index contributed by atoms with van der Waals surface area (Å²) in [5.74, 6) is 0.121. The monoisotopic (exact) mass is 288 g/mol. The van der Waals surface area contributed by atoms with Crippen LogP contribution in [0.5, 0.6) is 5.88 Å². The number of nitrogens with zero attached hydrogens (tertiary/aromatic N) is 1. The fourth-order valence-corrected chi connectivity index (χ4v) is 1.98. The van der Waals surface area contributed by atoms with Crippen LogP contribution < -0.4 is 10.1 Å². The van der Waals surface area contributed by atoms with E-state index in [-0.39, 0.29) is 11.9 Å². The van der Waals surface area contributed by atoms with Gasteiger partial charge in [0.1, 0.15) is 11.9 Å². The second kappa shape index (κ2) is 7.18. The van der Waals surface area contributed by atoms with Crippen molar-refractivity contribution in [3.63, 3.8) is 0 Å². The molecular formula is C17H21FN2O. The first-order valence-corrected chi connectivity index (χ1v) is 7.15. The molecule has 1 unspecified atom stereocenters. The van der Waals surface area contributed by atoms with Gasteiger partial charge < -0.3 is 10.1 Å². The van der Waals surface area contributed by atoms with Crippen molar-refractivity contribution in [3.8, 4) is 5.88 Å². The summed E-state index contributed by atoms with van der Waals surface area (Å²) in [4.78, 5) is 4.08. The van der Waals surface area contributed by atoms with E-state index in [2.05, 4.69) is 10.3 Å². The van der Waals surface area contributed by atoms with Crippen LogP contribution in [-0.2, 0) is 6.54 Å². The highest BCUT2D eigenvalue weighted by Gasteiger charge is 2.13. The number of nitrogens with one attached hydrogen (secondary N) is 1. The summed E-state index contributed by atoms with van der Waals surface area (Å²) in [6, 6.07) is 11.7. The lowest BCUT2D eigenvalue weighted by molar-refractivity contribution is 0.213. The maximum atomic E-state index is 13.4. The van der Waals surface area contributed by atoms with Gasteiger partial charge in [0, 0.05) is 18.2 Å². The van der Waals surface area contributed by atoms with Crippen molar-refractivity contribution < 1.29 is 9.13 Å². The largest absolute Gasteiger partial charge is 0.470 e.